The number of benzene rings is 3. The van der Waals surface area contributed by atoms with Crippen molar-refractivity contribution < 1.29 is 19.4 Å². The molecule has 0 spiro atoms. The lowest BCUT2D eigenvalue weighted by Crippen LogP contribution is -2.45. The lowest BCUT2D eigenvalue weighted by atomic mass is 9.81. The predicted octanol–water partition coefficient (Wildman–Crippen LogP) is 3.63. The van der Waals surface area contributed by atoms with E-state index < -0.39 is 5.97 Å². The van der Waals surface area contributed by atoms with Crippen LogP contribution in [0.15, 0.2) is 30.3 Å². The van der Waals surface area contributed by atoms with E-state index in [1.54, 1.807) is 18.2 Å². The second-order valence-corrected chi connectivity index (χ2v) is 11.6. The van der Waals surface area contributed by atoms with Crippen molar-refractivity contribution in [3.63, 3.8) is 0 Å². The first-order valence-electron chi connectivity index (χ1n) is 14.4. The number of carboxylic acid groups (broad SMARTS) is 1. The molecule has 39 heavy (non-hydrogen) atoms. The summed E-state index contributed by atoms with van der Waals surface area (Å²) in [5.41, 5.74) is 9.68. The summed E-state index contributed by atoms with van der Waals surface area (Å²) in [6.45, 7) is 4.29. The van der Waals surface area contributed by atoms with Crippen LogP contribution in [0.5, 0.6) is 11.5 Å². The Bertz CT molecular complexity index is 1750. The number of carbonyl (C=O) groups excluding carboxylic acids is 1. The summed E-state index contributed by atoms with van der Waals surface area (Å²) in [7, 11) is 0. The highest BCUT2D eigenvalue weighted by Crippen LogP contribution is 2.48. The van der Waals surface area contributed by atoms with Crippen molar-refractivity contribution in [2.75, 3.05) is 31.1 Å². The molecule has 196 valence electrons. The summed E-state index contributed by atoms with van der Waals surface area (Å²) in [6, 6.07) is 9.47. The Morgan fingerprint density at radius 2 is 1.64 bits per heavy atom. The molecule has 0 saturated heterocycles. The van der Waals surface area contributed by atoms with Crippen LogP contribution in [0.2, 0.25) is 0 Å². The summed E-state index contributed by atoms with van der Waals surface area (Å²) in [6.07, 6.45) is 9.14. The number of aryl methyl sites for hydroxylation is 2. The largest absolute Gasteiger partial charge is 0.478 e. The molecule has 0 amide bonds. The molecule has 5 aliphatic heterocycles. The quantitative estimate of drug-likeness (QED) is 0.331. The molecule has 0 bridgehead atoms. The number of nitrogens with zero attached hydrogens (tertiary/aromatic N) is 2. The molecule has 6 heteroatoms. The van der Waals surface area contributed by atoms with E-state index in [9.17, 15) is 14.7 Å². The molecule has 0 atom stereocenters. The first-order chi connectivity index (χ1) is 19.1. The zero-order chi connectivity index (χ0) is 26.2. The van der Waals surface area contributed by atoms with E-state index in [-0.39, 0.29) is 5.56 Å². The van der Waals surface area contributed by atoms with Gasteiger partial charge in [0, 0.05) is 64.7 Å². The van der Waals surface area contributed by atoms with Gasteiger partial charge < -0.3 is 14.7 Å². The van der Waals surface area contributed by atoms with Crippen LogP contribution >= 0.6 is 0 Å². The Morgan fingerprint density at radius 1 is 0.872 bits per heavy atom. The second kappa shape index (κ2) is 8.54. The summed E-state index contributed by atoms with van der Waals surface area (Å²) in [4.78, 5) is 27.0. The molecule has 1 N–H and O–H groups in total. The SMILES string of the molecule is O=Cc1ccc(C(=O)O)c(C2=c3cc4c5c(c3Oc3c2cc2c6c3CCCN6CCC2)CCC[N+]=5CCC4)c1. The number of anilines is 1. The fraction of sp³-hybridized carbons (Fsp3) is 0.364. The molecule has 0 unspecified atom stereocenters. The highest BCUT2D eigenvalue weighted by Gasteiger charge is 2.36. The summed E-state index contributed by atoms with van der Waals surface area (Å²) < 4.78 is 9.55. The molecule has 5 heterocycles. The Morgan fingerprint density at radius 3 is 2.46 bits per heavy atom. The van der Waals surface area contributed by atoms with Crippen molar-refractivity contribution >= 4 is 23.5 Å². The van der Waals surface area contributed by atoms with E-state index in [4.69, 9.17) is 4.74 Å². The van der Waals surface area contributed by atoms with Gasteiger partial charge in [-0.3, -0.25) is 4.79 Å². The van der Waals surface area contributed by atoms with Crippen molar-refractivity contribution in [2.24, 2.45) is 0 Å². The van der Waals surface area contributed by atoms with Crippen LogP contribution in [0.25, 0.3) is 5.57 Å². The van der Waals surface area contributed by atoms with Gasteiger partial charge in [0.1, 0.15) is 30.9 Å². The molecule has 6 nitrogen and oxygen atoms in total. The summed E-state index contributed by atoms with van der Waals surface area (Å²) in [5.74, 6) is 0.792. The number of ether oxygens (including phenoxy) is 1. The number of hydrogen-bond acceptors (Lipinski definition) is 4. The second-order valence-electron chi connectivity index (χ2n) is 11.6. The maximum atomic E-state index is 12.6. The van der Waals surface area contributed by atoms with Gasteiger partial charge in [-0.2, -0.15) is 0 Å². The van der Waals surface area contributed by atoms with Crippen LogP contribution in [-0.2, 0) is 25.7 Å². The normalized spacial score (nSPS) is 18.4. The average Bonchev–Trinajstić information content (AvgIpc) is 2.96. The van der Waals surface area contributed by atoms with Crippen LogP contribution < -0.4 is 24.8 Å². The molecule has 0 aromatic heterocycles. The maximum absolute atomic E-state index is 12.6. The Labute approximate surface area is 226 Å². The van der Waals surface area contributed by atoms with Crippen LogP contribution in [-0.4, -0.2) is 43.5 Å². The van der Waals surface area contributed by atoms with E-state index in [1.165, 1.54) is 33.3 Å². The molecule has 0 aliphatic carbocycles. The van der Waals surface area contributed by atoms with E-state index in [2.05, 4.69) is 21.6 Å². The molecule has 0 radical (unpaired) electrons. The van der Waals surface area contributed by atoms with Crippen LogP contribution in [0.1, 0.15) is 79.8 Å². The maximum Gasteiger partial charge on any atom is 0.336 e. The van der Waals surface area contributed by atoms with Gasteiger partial charge in [-0.1, -0.05) is 6.07 Å². The van der Waals surface area contributed by atoms with Gasteiger partial charge in [0.2, 0.25) is 5.36 Å². The van der Waals surface area contributed by atoms with Crippen molar-refractivity contribution in [3.8, 4) is 11.5 Å². The Balaban J connectivity index is 1.55. The monoisotopic (exact) mass is 519 g/mol. The average molecular weight is 520 g/mol. The number of fused-ring (bicyclic) bond motifs is 4. The number of aldehydes is 1. The van der Waals surface area contributed by atoms with Gasteiger partial charge in [0.25, 0.3) is 0 Å². The summed E-state index contributed by atoms with van der Waals surface area (Å²) in [5, 5.41) is 12.6. The minimum Gasteiger partial charge on any atom is -0.478 e. The zero-order valence-electron chi connectivity index (χ0n) is 22.0. The first-order valence-corrected chi connectivity index (χ1v) is 14.4. The van der Waals surface area contributed by atoms with Gasteiger partial charge in [-0.05, 0) is 73.9 Å². The fourth-order valence-corrected chi connectivity index (χ4v) is 7.83. The van der Waals surface area contributed by atoms with Gasteiger partial charge >= 0.3 is 5.97 Å². The molecule has 5 aliphatic rings. The number of carboxylic acids is 1. The number of hydrogen-bond donors (Lipinski definition) is 1. The smallest absolute Gasteiger partial charge is 0.336 e. The van der Waals surface area contributed by atoms with Crippen molar-refractivity contribution in [1.82, 2.24) is 4.58 Å². The van der Waals surface area contributed by atoms with Crippen molar-refractivity contribution in [2.45, 2.75) is 51.4 Å². The zero-order valence-corrected chi connectivity index (χ0v) is 22.0. The summed E-state index contributed by atoms with van der Waals surface area (Å²) >= 11 is 0. The molecule has 3 aromatic rings. The standard InChI is InChI=1S/C33H30N2O4/c36-18-19-9-10-22(33(37)38)25(15-19)28-26-16-20-5-1-11-34-13-3-7-23(29(20)34)31(26)39-32-24-8-4-14-35-12-2-6-21(30(24)35)17-27(28)32/h9-10,15-18H,1-8,11-14H2/p+1. The van der Waals surface area contributed by atoms with Crippen LogP contribution in [0, 0.1) is 0 Å². The molecule has 3 aromatic carbocycles. The topological polar surface area (TPSA) is 69.9 Å². The van der Waals surface area contributed by atoms with E-state index in [0.29, 0.717) is 11.1 Å². The highest BCUT2D eigenvalue weighted by atomic mass is 16.5. The first kappa shape index (κ1) is 23.0. The lowest BCUT2D eigenvalue weighted by Gasteiger charge is -2.39. The van der Waals surface area contributed by atoms with E-state index >= 15 is 0 Å². The van der Waals surface area contributed by atoms with E-state index in [1.807, 2.05) is 0 Å². The van der Waals surface area contributed by atoms with Crippen molar-refractivity contribution in [3.05, 3.63) is 85.4 Å². The molecular formula is C33H31N2O4+. The minimum atomic E-state index is -0.986. The third-order valence-corrected chi connectivity index (χ3v) is 9.37. The Hall–Kier alpha value is -3.93. The third-order valence-electron chi connectivity index (χ3n) is 9.37. The van der Waals surface area contributed by atoms with Gasteiger partial charge in [-0.15, -0.1) is 0 Å². The van der Waals surface area contributed by atoms with E-state index in [0.717, 1.165) is 112 Å². The molecule has 0 fully saturated rings. The lowest BCUT2D eigenvalue weighted by molar-refractivity contribution is 0.0696. The minimum absolute atomic E-state index is 0.218. The number of aromatic carboxylic acids is 1. The predicted molar refractivity (Wildman–Crippen MR) is 149 cm³/mol. The Kier molecular flexibility index (Phi) is 5.03. The van der Waals surface area contributed by atoms with Gasteiger partial charge in [0.15, 0.2) is 0 Å². The molecule has 0 saturated carbocycles. The number of carbonyl (C=O) groups is 2. The van der Waals surface area contributed by atoms with Gasteiger partial charge in [0.05, 0.1) is 11.1 Å². The van der Waals surface area contributed by atoms with Gasteiger partial charge in [-0.25, -0.2) is 9.37 Å². The van der Waals surface area contributed by atoms with Crippen LogP contribution in [0.3, 0.4) is 0 Å². The molecule has 8 rings (SSSR count). The van der Waals surface area contributed by atoms with Crippen molar-refractivity contribution in [1.29, 1.82) is 0 Å². The number of rotatable bonds is 3. The molecular weight excluding hydrogens is 488 g/mol. The fourth-order valence-electron chi connectivity index (χ4n) is 7.83. The highest BCUT2D eigenvalue weighted by molar-refractivity contribution is 6.00. The van der Waals surface area contributed by atoms with Crippen LogP contribution in [0.4, 0.5) is 5.69 Å². The third kappa shape index (κ3) is 3.30.